The fraction of sp³-hybridized carbons (Fsp3) is 0.0476. The largest absolute Gasteiger partial charge is 0.255 e. The lowest BCUT2D eigenvalue weighted by Gasteiger charge is -2.21. The minimum Gasteiger partial charge on any atom is -0.255 e. The fourth-order valence-electron chi connectivity index (χ4n) is 6.70. The van der Waals surface area contributed by atoms with E-state index in [-0.39, 0.29) is 0 Å². The van der Waals surface area contributed by atoms with Gasteiger partial charge in [0.15, 0.2) is 0 Å². The van der Waals surface area contributed by atoms with Crippen molar-refractivity contribution in [3.63, 3.8) is 0 Å². The zero-order valence-electron chi connectivity index (χ0n) is 25.6. The molecule has 0 saturated carbocycles. The Morgan fingerprint density at radius 1 is 0.370 bits per heavy atom. The Bertz CT molecular complexity index is 2370. The summed E-state index contributed by atoms with van der Waals surface area (Å²) in [6, 6.07) is 42.5. The molecule has 0 aliphatic carbocycles. The Morgan fingerprint density at radius 3 is 1.41 bits per heavy atom. The molecule has 0 aliphatic rings. The second-order valence-electron chi connectivity index (χ2n) is 11.5. The molecule has 0 bridgehead atoms. The molecule has 0 fully saturated rings. The van der Waals surface area contributed by atoms with Crippen molar-refractivity contribution in [3.8, 4) is 56.2 Å². The van der Waals surface area contributed by atoms with Crippen molar-refractivity contribution in [1.82, 2.24) is 19.9 Å². The van der Waals surface area contributed by atoms with Gasteiger partial charge in [0.25, 0.3) is 0 Å². The molecule has 0 spiro atoms. The molecule has 46 heavy (non-hydrogen) atoms. The molecule has 4 aromatic carbocycles. The summed E-state index contributed by atoms with van der Waals surface area (Å²) in [5, 5.41) is 4.75. The molecule has 0 atom stereocenters. The van der Waals surface area contributed by atoms with Gasteiger partial charge in [0.2, 0.25) is 0 Å². The zero-order valence-corrected chi connectivity index (χ0v) is 25.6. The van der Waals surface area contributed by atoms with Crippen molar-refractivity contribution < 1.29 is 0 Å². The molecule has 4 heterocycles. The maximum absolute atomic E-state index is 4.80. The van der Waals surface area contributed by atoms with E-state index in [0.29, 0.717) is 0 Å². The van der Waals surface area contributed by atoms with Crippen LogP contribution < -0.4 is 0 Å². The number of hydrogen-bond acceptors (Lipinski definition) is 4. The minimum atomic E-state index is 0.867. The van der Waals surface area contributed by atoms with Gasteiger partial charge < -0.3 is 0 Å². The lowest BCUT2D eigenvalue weighted by atomic mass is 9.83. The first kappa shape index (κ1) is 27.5. The summed E-state index contributed by atoms with van der Waals surface area (Å²) in [5.41, 5.74) is 12.8. The van der Waals surface area contributed by atoms with Crippen molar-refractivity contribution in [2.75, 3.05) is 0 Å². The van der Waals surface area contributed by atoms with Crippen LogP contribution in [-0.4, -0.2) is 19.9 Å². The van der Waals surface area contributed by atoms with Crippen LogP contribution in [0.5, 0.6) is 0 Å². The Kier molecular flexibility index (Phi) is 6.88. The molecular formula is C42H30N4. The van der Waals surface area contributed by atoms with Gasteiger partial charge in [-0.25, -0.2) is 0 Å². The predicted octanol–water partition coefficient (Wildman–Crippen LogP) is 10.5. The second-order valence-corrected chi connectivity index (χ2v) is 11.5. The smallest absolute Gasteiger partial charge is 0.0921 e. The molecule has 4 aromatic heterocycles. The van der Waals surface area contributed by atoms with Crippen LogP contribution in [0.15, 0.2) is 146 Å². The van der Waals surface area contributed by atoms with E-state index in [4.69, 9.17) is 9.97 Å². The van der Waals surface area contributed by atoms with Crippen molar-refractivity contribution in [1.29, 1.82) is 0 Å². The van der Waals surface area contributed by atoms with Gasteiger partial charge in [-0.05, 0) is 122 Å². The molecule has 0 amide bonds. The number of benzene rings is 4. The molecule has 0 N–H and O–H groups in total. The topological polar surface area (TPSA) is 51.6 Å². The maximum atomic E-state index is 4.80. The van der Waals surface area contributed by atoms with Gasteiger partial charge >= 0.3 is 0 Å². The van der Waals surface area contributed by atoms with Crippen LogP contribution in [0.1, 0.15) is 11.1 Å². The second kappa shape index (κ2) is 11.5. The third-order valence-electron chi connectivity index (χ3n) is 8.89. The SMILES string of the molecule is Cc1c(-c2c3ccccc3c(-c3ccnc(-c4ccccn4)c3C)c3cc(-c4ccccc4)ccc23)ccnc1-c1ccccn1. The monoisotopic (exact) mass is 590 g/mol. The Morgan fingerprint density at radius 2 is 0.870 bits per heavy atom. The number of rotatable bonds is 5. The third kappa shape index (κ3) is 4.63. The van der Waals surface area contributed by atoms with Crippen LogP contribution in [0.2, 0.25) is 0 Å². The average Bonchev–Trinajstić information content (AvgIpc) is 3.12. The average molecular weight is 591 g/mol. The first-order valence-corrected chi connectivity index (χ1v) is 15.5. The molecule has 4 heteroatoms. The molecule has 218 valence electrons. The van der Waals surface area contributed by atoms with E-state index in [2.05, 4.69) is 109 Å². The molecule has 0 aliphatic heterocycles. The minimum absolute atomic E-state index is 0.867. The van der Waals surface area contributed by atoms with E-state index in [1.165, 1.54) is 43.8 Å². The summed E-state index contributed by atoms with van der Waals surface area (Å²) in [4.78, 5) is 18.9. The van der Waals surface area contributed by atoms with E-state index in [1.807, 2.05) is 61.2 Å². The predicted molar refractivity (Wildman–Crippen MR) is 189 cm³/mol. The zero-order chi connectivity index (χ0) is 31.0. The van der Waals surface area contributed by atoms with E-state index in [9.17, 15) is 0 Å². The normalized spacial score (nSPS) is 11.3. The Balaban J connectivity index is 1.49. The standard InChI is InChI=1S/C42H30N4/c1-27-31(20-24-45-41(27)37-16-8-10-22-43-37)39-33-14-6-7-15-34(33)40(32-21-25-46-42(28(32)2)38-17-9-11-23-44-38)36-26-30(18-19-35(36)39)29-12-4-3-5-13-29/h3-26H,1-2H3. The van der Waals surface area contributed by atoms with Crippen molar-refractivity contribution >= 4 is 21.5 Å². The van der Waals surface area contributed by atoms with E-state index in [1.54, 1.807) is 0 Å². The van der Waals surface area contributed by atoms with E-state index >= 15 is 0 Å². The highest BCUT2D eigenvalue weighted by molar-refractivity contribution is 6.22. The highest BCUT2D eigenvalue weighted by atomic mass is 14.8. The van der Waals surface area contributed by atoms with Gasteiger partial charge in [-0.1, -0.05) is 78.9 Å². The fourth-order valence-corrected chi connectivity index (χ4v) is 6.70. The number of nitrogens with zero attached hydrogens (tertiary/aromatic N) is 4. The van der Waals surface area contributed by atoms with Gasteiger partial charge in [0.1, 0.15) is 0 Å². The van der Waals surface area contributed by atoms with Crippen LogP contribution in [0.3, 0.4) is 0 Å². The maximum Gasteiger partial charge on any atom is 0.0921 e. The van der Waals surface area contributed by atoms with E-state index < -0.39 is 0 Å². The highest BCUT2D eigenvalue weighted by Gasteiger charge is 2.22. The molecule has 0 unspecified atom stereocenters. The van der Waals surface area contributed by atoms with Crippen LogP contribution in [0.25, 0.3) is 77.7 Å². The number of pyridine rings is 4. The number of fused-ring (bicyclic) bond motifs is 2. The number of aromatic nitrogens is 4. The Labute approximate surface area is 268 Å². The lowest BCUT2D eigenvalue weighted by molar-refractivity contribution is 1.21. The van der Waals surface area contributed by atoms with Crippen LogP contribution >= 0.6 is 0 Å². The van der Waals surface area contributed by atoms with Crippen molar-refractivity contribution in [3.05, 3.63) is 157 Å². The van der Waals surface area contributed by atoms with Crippen LogP contribution in [0.4, 0.5) is 0 Å². The molecule has 8 rings (SSSR count). The molecular weight excluding hydrogens is 560 g/mol. The van der Waals surface area contributed by atoms with E-state index in [0.717, 1.165) is 45.0 Å². The van der Waals surface area contributed by atoms with Crippen LogP contribution in [0, 0.1) is 13.8 Å². The third-order valence-corrected chi connectivity index (χ3v) is 8.89. The van der Waals surface area contributed by atoms with Gasteiger partial charge in [-0.2, -0.15) is 0 Å². The van der Waals surface area contributed by atoms with Gasteiger partial charge in [-0.3, -0.25) is 19.9 Å². The van der Waals surface area contributed by atoms with Gasteiger partial charge in [-0.15, -0.1) is 0 Å². The summed E-state index contributed by atoms with van der Waals surface area (Å²) < 4.78 is 0. The van der Waals surface area contributed by atoms with Gasteiger partial charge in [0.05, 0.1) is 22.8 Å². The summed E-state index contributed by atoms with van der Waals surface area (Å²) in [6.45, 7) is 4.32. The molecule has 8 aromatic rings. The summed E-state index contributed by atoms with van der Waals surface area (Å²) >= 11 is 0. The first-order valence-electron chi connectivity index (χ1n) is 15.5. The first-order chi connectivity index (χ1) is 22.7. The quantitative estimate of drug-likeness (QED) is 0.187. The number of hydrogen-bond donors (Lipinski definition) is 0. The lowest BCUT2D eigenvalue weighted by Crippen LogP contribution is -1.98. The van der Waals surface area contributed by atoms with Crippen molar-refractivity contribution in [2.45, 2.75) is 13.8 Å². The summed E-state index contributed by atoms with van der Waals surface area (Å²) in [5.74, 6) is 0. The molecule has 0 radical (unpaired) electrons. The highest BCUT2D eigenvalue weighted by Crippen LogP contribution is 2.47. The van der Waals surface area contributed by atoms with Crippen LogP contribution in [-0.2, 0) is 0 Å². The molecule has 4 nitrogen and oxygen atoms in total. The summed E-state index contributed by atoms with van der Waals surface area (Å²) in [7, 11) is 0. The van der Waals surface area contributed by atoms with Crippen molar-refractivity contribution in [2.24, 2.45) is 0 Å². The van der Waals surface area contributed by atoms with Gasteiger partial charge in [0, 0.05) is 24.8 Å². The molecule has 0 saturated heterocycles. The Hall–Kier alpha value is -6.00. The summed E-state index contributed by atoms with van der Waals surface area (Å²) in [6.07, 6.45) is 7.47.